The lowest BCUT2D eigenvalue weighted by Crippen LogP contribution is -2.37. The van der Waals surface area contributed by atoms with Crippen molar-refractivity contribution in [3.8, 4) is 0 Å². The molecule has 2 aromatic heterocycles. The normalized spacial score (nSPS) is 12.6. The number of hydrogen-bond acceptors (Lipinski definition) is 5. The molecule has 0 saturated heterocycles. The molecule has 1 atom stereocenters. The zero-order valence-electron chi connectivity index (χ0n) is 19.4. The summed E-state index contributed by atoms with van der Waals surface area (Å²) in [5.74, 6) is -1.00. The summed E-state index contributed by atoms with van der Waals surface area (Å²) in [5.41, 5.74) is 3.16. The summed E-state index contributed by atoms with van der Waals surface area (Å²) in [4.78, 5) is 25.0. The van der Waals surface area contributed by atoms with Crippen molar-refractivity contribution in [2.75, 3.05) is 0 Å². The van der Waals surface area contributed by atoms with E-state index in [1.165, 1.54) is 17.6 Å². The average molecular weight is 493 g/mol. The second-order valence-electron chi connectivity index (χ2n) is 8.29. The molecule has 178 valence electrons. The van der Waals surface area contributed by atoms with Crippen molar-refractivity contribution in [1.29, 1.82) is 0 Å². The highest BCUT2D eigenvalue weighted by molar-refractivity contribution is 7.11. The van der Waals surface area contributed by atoms with Gasteiger partial charge in [-0.2, -0.15) is 0 Å². The summed E-state index contributed by atoms with van der Waals surface area (Å²) in [6, 6.07) is 29.9. The van der Waals surface area contributed by atoms with Crippen molar-refractivity contribution in [2.45, 2.75) is 18.0 Å². The number of rotatable bonds is 9. The Kier molecular flexibility index (Phi) is 6.82. The quantitative estimate of drug-likeness (QED) is 0.224. The molecule has 0 bridgehead atoms. The molecule has 0 amide bonds. The highest BCUT2D eigenvalue weighted by Gasteiger charge is 2.38. The predicted octanol–water partition coefficient (Wildman–Crippen LogP) is 5.29. The first-order valence-electron chi connectivity index (χ1n) is 11.5. The number of carboxylic acids is 1. The van der Waals surface area contributed by atoms with Gasteiger partial charge >= 0.3 is 5.97 Å². The smallest absolute Gasteiger partial charge is 0.328 e. The summed E-state index contributed by atoms with van der Waals surface area (Å²) in [5, 5.41) is 12.3. The molecule has 0 radical (unpaired) electrons. The molecule has 0 aliphatic carbocycles. The number of nitrogens with zero attached hydrogens (tertiary/aromatic N) is 4. The lowest BCUT2D eigenvalue weighted by molar-refractivity contribution is -0.138. The maximum absolute atomic E-state index is 12.0. The molecule has 0 spiro atoms. The third kappa shape index (κ3) is 4.61. The Morgan fingerprint density at radius 2 is 1.47 bits per heavy atom. The summed E-state index contributed by atoms with van der Waals surface area (Å²) in [7, 11) is 0. The number of aromatic nitrogens is 3. The zero-order chi connectivity index (χ0) is 24.8. The second-order valence-corrected chi connectivity index (χ2v) is 9.21. The van der Waals surface area contributed by atoms with Crippen LogP contribution >= 0.6 is 11.3 Å². The molecule has 0 fully saturated rings. The van der Waals surface area contributed by atoms with Crippen LogP contribution in [0.5, 0.6) is 0 Å². The van der Waals surface area contributed by atoms with Gasteiger partial charge in [0.1, 0.15) is 10.5 Å². The minimum Gasteiger partial charge on any atom is -0.480 e. The molecule has 2 heterocycles. The zero-order valence-corrected chi connectivity index (χ0v) is 20.2. The predicted molar refractivity (Wildman–Crippen MR) is 142 cm³/mol. The summed E-state index contributed by atoms with van der Waals surface area (Å²) in [6.45, 7) is 0. The summed E-state index contributed by atoms with van der Waals surface area (Å²) >= 11 is 1.41. The number of aliphatic carboxylic acids is 1. The van der Waals surface area contributed by atoms with Crippen LogP contribution in [0.1, 0.15) is 27.4 Å². The van der Waals surface area contributed by atoms with E-state index in [-0.39, 0.29) is 6.42 Å². The maximum atomic E-state index is 12.0. The van der Waals surface area contributed by atoms with E-state index in [2.05, 4.69) is 55.9 Å². The van der Waals surface area contributed by atoms with Crippen molar-refractivity contribution >= 4 is 23.5 Å². The van der Waals surface area contributed by atoms with Crippen LogP contribution < -0.4 is 0 Å². The average Bonchev–Trinajstić information content (AvgIpc) is 3.62. The van der Waals surface area contributed by atoms with Gasteiger partial charge in [0.25, 0.3) is 0 Å². The number of aliphatic imine (C=N–C) groups is 1. The first-order chi connectivity index (χ1) is 17.7. The van der Waals surface area contributed by atoms with Gasteiger partial charge in [-0.25, -0.2) is 14.8 Å². The highest BCUT2D eigenvalue weighted by atomic mass is 32.1. The van der Waals surface area contributed by atoms with Gasteiger partial charge in [0.15, 0.2) is 6.04 Å². The monoisotopic (exact) mass is 492 g/mol. The van der Waals surface area contributed by atoms with Crippen molar-refractivity contribution < 1.29 is 9.90 Å². The van der Waals surface area contributed by atoms with Gasteiger partial charge in [0, 0.05) is 24.2 Å². The molecular weight excluding hydrogens is 468 g/mol. The Morgan fingerprint density at radius 1 is 0.917 bits per heavy atom. The summed E-state index contributed by atoms with van der Waals surface area (Å²) < 4.78 is 2.08. The standard InChI is InChI=1S/C29H24N4O2S/c34-28(35)26(31-19-27-30-16-17-36-27)18-25-20-33(21-32-25)29(22-10-4-1-5-11-22,23-12-6-2-7-13-23)24-14-8-3-9-15-24/h1-17,19-21,26H,18H2,(H,34,35). The van der Waals surface area contributed by atoms with Crippen LogP contribution in [0.25, 0.3) is 0 Å². The van der Waals surface area contributed by atoms with Crippen LogP contribution in [0.15, 0.2) is 120 Å². The minimum absolute atomic E-state index is 0.165. The summed E-state index contributed by atoms with van der Waals surface area (Å²) in [6.07, 6.45) is 7.06. The molecule has 3 aromatic carbocycles. The van der Waals surface area contributed by atoms with E-state index in [1.807, 2.05) is 66.2 Å². The van der Waals surface area contributed by atoms with Crippen LogP contribution in [-0.4, -0.2) is 37.9 Å². The fourth-order valence-electron chi connectivity index (χ4n) is 4.49. The molecule has 1 unspecified atom stereocenters. The van der Waals surface area contributed by atoms with E-state index in [9.17, 15) is 9.90 Å². The Balaban J connectivity index is 1.61. The van der Waals surface area contributed by atoms with Crippen molar-refractivity contribution in [3.63, 3.8) is 0 Å². The topological polar surface area (TPSA) is 80.4 Å². The van der Waals surface area contributed by atoms with Gasteiger partial charge in [0.2, 0.25) is 0 Å². The highest BCUT2D eigenvalue weighted by Crippen LogP contribution is 2.40. The van der Waals surface area contributed by atoms with E-state index < -0.39 is 17.6 Å². The number of thiazole rings is 1. The number of hydrogen-bond donors (Lipinski definition) is 1. The Labute approximate surface area is 213 Å². The third-order valence-electron chi connectivity index (χ3n) is 6.10. The SMILES string of the molecule is O=C(O)C(Cc1cn(C(c2ccccc2)(c2ccccc2)c2ccccc2)cn1)N=Cc1nccs1. The molecule has 5 rings (SSSR count). The number of carboxylic acid groups (broad SMARTS) is 1. The third-order valence-corrected chi connectivity index (χ3v) is 6.81. The number of carbonyl (C=O) groups is 1. The molecule has 0 saturated carbocycles. The van der Waals surface area contributed by atoms with Gasteiger partial charge < -0.3 is 9.67 Å². The van der Waals surface area contributed by atoms with Gasteiger partial charge in [-0.05, 0) is 16.7 Å². The minimum atomic E-state index is -1.00. The van der Waals surface area contributed by atoms with E-state index in [4.69, 9.17) is 0 Å². The molecule has 36 heavy (non-hydrogen) atoms. The van der Waals surface area contributed by atoms with Gasteiger partial charge in [-0.15, -0.1) is 11.3 Å². The van der Waals surface area contributed by atoms with E-state index in [1.54, 1.807) is 12.5 Å². The molecule has 7 heteroatoms. The van der Waals surface area contributed by atoms with Crippen LogP contribution in [0.4, 0.5) is 0 Å². The second kappa shape index (κ2) is 10.5. The molecule has 5 aromatic rings. The number of imidazole rings is 1. The van der Waals surface area contributed by atoms with Gasteiger partial charge in [0.05, 0.1) is 18.2 Å². The largest absolute Gasteiger partial charge is 0.480 e. The fraction of sp³-hybridized carbons (Fsp3) is 0.103. The molecule has 0 aliphatic rings. The lowest BCUT2D eigenvalue weighted by atomic mass is 9.77. The Bertz CT molecular complexity index is 1340. The van der Waals surface area contributed by atoms with Crippen LogP contribution in [0, 0.1) is 0 Å². The molecule has 6 nitrogen and oxygen atoms in total. The van der Waals surface area contributed by atoms with Crippen LogP contribution in [0.3, 0.4) is 0 Å². The first kappa shape index (κ1) is 23.4. The van der Waals surface area contributed by atoms with Crippen molar-refractivity contribution in [1.82, 2.24) is 14.5 Å². The van der Waals surface area contributed by atoms with Gasteiger partial charge in [-0.1, -0.05) is 91.0 Å². The van der Waals surface area contributed by atoms with Crippen LogP contribution in [-0.2, 0) is 16.8 Å². The first-order valence-corrected chi connectivity index (χ1v) is 12.4. The Hall–Kier alpha value is -4.36. The molecule has 0 aliphatic heterocycles. The fourth-order valence-corrected chi connectivity index (χ4v) is 5.00. The van der Waals surface area contributed by atoms with E-state index in [0.29, 0.717) is 10.7 Å². The molecular formula is C29H24N4O2S. The number of benzene rings is 3. The maximum Gasteiger partial charge on any atom is 0.328 e. The Morgan fingerprint density at radius 3 is 1.94 bits per heavy atom. The van der Waals surface area contributed by atoms with Crippen molar-refractivity contribution in [2.24, 2.45) is 4.99 Å². The van der Waals surface area contributed by atoms with Crippen molar-refractivity contribution in [3.05, 3.63) is 142 Å². The van der Waals surface area contributed by atoms with Crippen LogP contribution in [0.2, 0.25) is 0 Å². The van der Waals surface area contributed by atoms with Gasteiger partial charge in [-0.3, -0.25) is 4.99 Å². The molecule has 1 N–H and O–H groups in total. The van der Waals surface area contributed by atoms with E-state index >= 15 is 0 Å². The lowest BCUT2D eigenvalue weighted by Gasteiger charge is -2.37. The van der Waals surface area contributed by atoms with E-state index in [0.717, 1.165) is 16.7 Å².